The van der Waals surface area contributed by atoms with Crippen LogP contribution in [-0.4, -0.2) is 57.3 Å². The second kappa shape index (κ2) is 21.1. The zero-order valence-corrected chi connectivity index (χ0v) is 24.1. The van der Waals surface area contributed by atoms with Gasteiger partial charge in [0.2, 0.25) is 0 Å². The van der Waals surface area contributed by atoms with Gasteiger partial charge in [0, 0.05) is 0 Å². The summed E-state index contributed by atoms with van der Waals surface area (Å²) in [6, 6.07) is -3.56. The number of hydrogen-bond acceptors (Lipinski definition) is 4. The number of hydrogen-bond donors (Lipinski definition) is 2. The Kier molecular flexibility index (Phi) is 20.0. The quantitative estimate of drug-likeness (QED) is 0.0846. The Morgan fingerprint density at radius 1 is 0.622 bits per heavy atom. The lowest BCUT2D eigenvalue weighted by Gasteiger charge is -2.49. The van der Waals surface area contributed by atoms with Gasteiger partial charge < -0.3 is 20.1 Å². The van der Waals surface area contributed by atoms with Crippen LogP contribution in [0.3, 0.4) is 0 Å². The van der Waals surface area contributed by atoms with Gasteiger partial charge in [-0.1, -0.05) is 89.7 Å². The molecule has 2 N–H and O–H groups in total. The lowest BCUT2D eigenvalue weighted by molar-refractivity contribution is -0.969. The molecule has 0 bridgehead atoms. The molecule has 0 radical (unpaired) electrons. The Labute approximate surface area is 225 Å². The van der Waals surface area contributed by atoms with Gasteiger partial charge in [-0.2, -0.15) is 0 Å². The van der Waals surface area contributed by atoms with Gasteiger partial charge in [0.05, 0.1) is 12.5 Å². The average Bonchev–Trinajstić information content (AvgIpc) is 2.86. The van der Waals surface area contributed by atoms with Crippen molar-refractivity contribution in [2.45, 2.75) is 155 Å². The minimum atomic E-state index is -1.42. The van der Waals surface area contributed by atoms with Crippen molar-refractivity contribution in [3.05, 3.63) is 12.2 Å². The lowest BCUT2D eigenvalue weighted by atomic mass is 10.00. The predicted molar refractivity (Wildman–Crippen MR) is 147 cm³/mol. The van der Waals surface area contributed by atoms with E-state index >= 15 is 0 Å². The van der Waals surface area contributed by atoms with E-state index in [1.807, 2.05) is 0 Å². The van der Waals surface area contributed by atoms with Crippen LogP contribution >= 0.6 is 0 Å². The summed E-state index contributed by atoms with van der Waals surface area (Å²) in [5.74, 6) is -3.82. The van der Waals surface area contributed by atoms with Crippen LogP contribution in [0.25, 0.3) is 0 Å². The molecule has 37 heavy (non-hydrogen) atoms. The molecule has 0 saturated carbocycles. The Morgan fingerprint density at radius 2 is 0.973 bits per heavy atom. The van der Waals surface area contributed by atoms with E-state index in [1.54, 1.807) is 0 Å². The number of rotatable bonds is 25. The topological polar surface area (TPSA) is 115 Å². The maximum Gasteiger partial charge on any atom is 0.362 e. The van der Waals surface area contributed by atoms with Gasteiger partial charge in [0.1, 0.15) is 6.04 Å². The predicted octanol–water partition coefficient (Wildman–Crippen LogP) is 6.10. The van der Waals surface area contributed by atoms with E-state index in [1.165, 1.54) is 97.8 Å². The van der Waals surface area contributed by atoms with Crippen LogP contribution in [0.2, 0.25) is 0 Å². The van der Waals surface area contributed by atoms with Crippen molar-refractivity contribution >= 4 is 17.9 Å². The maximum absolute atomic E-state index is 11.8. The third-order valence-electron chi connectivity index (χ3n) is 8.03. The number of allylic oxidation sites excluding steroid dienone is 2. The monoisotopic (exact) mass is 525 g/mol. The molecule has 216 valence electrons. The van der Waals surface area contributed by atoms with Crippen molar-refractivity contribution in [3.63, 3.8) is 0 Å². The van der Waals surface area contributed by atoms with Crippen LogP contribution < -0.4 is 5.11 Å². The Bertz CT molecular complexity index is 612. The molecule has 0 amide bonds. The number of carbonyl (C=O) groups excluding carboxylic acids is 1. The van der Waals surface area contributed by atoms with E-state index in [2.05, 4.69) is 19.1 Å². The van der Waals surface area contributed by atoms with E-state index in [9.17, 15) is 29.7 Å². The van der Waals surface area contributed by atoms with Gasteiger partial charge >= 0.3 is 11.9 Å². The highest BCUT2D eigenvalue weighted by Crippen LogP contribution is 2.27. The third-order valence-corrected chi connectivity index (χ3v) is 8.03. The smallest absolute Gasteiger partial charge is 0.362 e. The number of carboxylic acids is 3. The van der Waals surface area contributed by atoms with E-state index in [0.29, 0.717) is 6.42 Å². The fourth-order valence-electron chi connectivity index (χ4n) is 5.36. The number of quaternary nitrogens is 1. The fraction of sp³-hybridized carbons (Fsp3) is 0.833. The van der Waals surface area contributed by atoms with E-state index in [4.69, 9.17) is 0 Å². The second-order valence-corrected chi connectivity index (χ2v) is 10.7. The van der Waals surface area contributed by atoms with E-state index in [-0.39, 0.29) is 6.54 Å². The summed E-state index contributed by atoms with van der Waals surface area (Å²) >= 11 is 0. The summed E-state index contributed by atoms with van der Waals surface area (Å²) in [6.45, 7) is 6.58. The zero-order valence-electron chi connectivity index (χ0n) is 24.1. The average molecular weight is 526 g/mol. The largest absolute Gasteiger partial charge is 0.544 e. The summed E-state index contributed by atoms with van der Waals surface area (Å²) in [6.07, 6.45) is 24.7. The molecule has 7 nitrogen and oxygen atoms in total. The molecule has 0 fully saturated rings. The number of carboxylic acid groups (broad SMARTS) is 3. The van der Waals surface area contributed by atoms with E-state index in [0.717, 1.165) is 25.7 Å². The van der Waals surface area contributed by atoms with Crippen LogP contribution in [0.15, 0.2) is 12.2 Å². The first-order valence-corrected chi connectivity index (χ1v) is 14.8. The summed E-state index contributed by atoms with van der Waals surface area (Å²) < 4.78 is -0.540. The normalized spacial score (nSPS) is 15.8. The van der Waals surface area contributed by atoms with Gasteiger partial charge in [-0.05, 0) is 59.3 Å². The van der Waals surface area contributed by atoms with Gasteiger partial charge in [-0.3, -0.25) is 4.48 Å². The standard InChI is InChI=1S/C30H55NO6/c1-5-6-7-8-9-10-11-12-13-14-15-16-17-18-19-20-21-22-23-24-31(25(2)28(32)33,26(3)29(34)35)27(4)30(36)37/h10-11,25-27H,5-9,12-24H2,1-4H3,(H2-,32,33,34,35,36,37)/b11-10+. The zero-order chi connectivity index (χ0) is 28.1. The molecule has 0 spiro atoms. The molecule has 0 heterocycles. The molecule has 0 aliphatic rings. The molecule has 3 atom stereocenters. The van der Waals surface area contributed by atoms with Crippen LogP contribution in [0, 0.1) is 0 Å². The van der Waals surface area contributed by atoms with Crippen molar-refractivity contribution in [1.29, 1.82) is 0 Å². The minimum absolute atomic E-state index is 0.185. The first-order valence-electron chi connectivity index (χ1n) is 14.8. The van der Waals surface area contributed by atoms with Crippen molar-refractivity contribution in [3.8, 4) is 0 Å². The van der Waals surface area contributed by atoms with Crippen LogP contribution in [-0.2, 0) is 14.4 Å². The number of unbranched alkanes of at least 4 members (excludes halogenated alkanes) is 15. The van der Waals surface area contributed by atoms with Crippen LogP contribution in [0.5, 0.6) is 0 Å². The molecular formula is C30H55NO6. The molecule has 0 aromatic heterocycles. The molecule has 0 rings (SSSR count). The second-order valence-electron chi connectivity index (χ2n) is 10.7. The van der Waals surface area contributed by atoms with Crippen molar-refractivity contribution < 1.29 is 34.2 Å². The summed E-state index contributed by atoms with van der Waals surface area (Å²) in [5, 5.41) is 30.9. The summed E-state index contributed by atoms with van der Waals surface area (Å²) in [5.41, 5.74) is 0. The Balaban J connectivity index is 4.14. The molecule has 0 aromatic carbocycles. The van der Waals surface area contributed by atoms with Crippen LogP contribution in [0.4, 0.5) is 0 Å². The maximum atomic E-state index is 11.8. The van der Waals surface area contributed by atoms with Gasteiger partial charge in [0.15, 0.2) is 12.1 Å². The summed E-state index contributed by atoms with van der Waals surface area (Å²) in [7, 11) is 0. The van der Waals surface area contributed by atoms with Crippen molar-refractivity contribution in [1.82, 2.24) is 0 Å². The van der Waals surface area contributed by atoms with Crippen LogP contribution in [0.1, 0.15) is 137 Å². The molecule has 3 unspecified atom stereocenters. The minimum Gasteiger partial charge on any atom is -0.544 e. The van der Waals surface area contributed by atoms with E-state index < -0.39 is 40.5 Å². The Hall–Kier alpha value is -1.89. The number of aliphatic carboxylic acids is 3. The van der Waals surface area contributed by atoms with Gasteiger partial charge in [0.25, 0.3) is 0 Å². The Morgan fingerprint density at radius 3 is 1.32 bits per heavy atom. The molecule has 0 aliphatic heterocycles. The molecule has 0 aliphatic carbocycles. The van der Waals surface area contributed by atoms with Gasteiger partial charge in [-0.15, -0.1) is 0 Å². The highest BCUT2D eigenvalue weighted by Gasteiger charge is 2.50. The number of nitrogens with zero attached hydrogens (tertiary/aromatic N) is 1. The lowest BCUT2D eigenvalue weighted by Crippen LogP contribution is -2.72. The highest BCUT2D eigenvalue weighted by molar-refractivity contribution is 5.76. The van der Waals surface area contributed by atoms with Gasteiger partial charge in [-0.25, -0.2) is 9.59 Å². The molecular weight excluding hydrogens is 470 g/mol. The highest BCUT2D eigenvalue weighted by atomic mass is 16.4. The first kappa shape index (κ1) is 35.1. The third kappa shape index (κ3) is 14.0. The number of carbonyl (C=O) groups is 3. The molecule has 0 saturated heterocycles. The fourth-order valence-corrected chi connectivity index (χ4v) is 5.36. The molecule has 7 heteroatoms. The first-order chi connectivity index (χ1) is 17.6. The van der Waals surface area contributed by atoms with Crippen molar-refractivity contribution in [2.24, 2.45) is 0 Å². The SMILES string of the molecule is CCCCCC/C=C/CCCCCCCCCCCCC[N+](C(C)C(=O)[O-])(C(C)C(=O)O)C(C)C(=O)O. The summed E-state index contributed by atoms with van der Waals surface area (Å²) in [4.78, 5) is 35.2. The van der Waals surface area contributed by atoms with Crippen molar-refractivity contribution in [2.75, 3.05) is 6.54 Å². The molecule has 0 aromatic rings.